The molecule has 2 amide bonds. The largest absolute Gasteiger partial charge is 0.396 e. The van der Waals surface area contributed by atoms with Gasteiger partial charge in [0.1, 0.15) is 5.82 Å². The number of benzene rings is 1. The van der Waals surface area contributed by atoms with Gasteiger partial charge in [0, 0.05) is 24.4 Å². The Kier molecular flexibility index (Phi) is 6.52. The summed E-state index contributed by atoms with van der Waals surface area (Å²) in [5.74, 6) is -0.0788. The van der Waals surface area contributed by atoms with Crippen LogP contribution in [0.1, 0.15) is 37.6 Å². The first kappa shape index (κ1) is 18.9. The van der Waals surface area contributed by atoms with Gasteiger partial charge < -0.3 is 15.7 Å². The first-order chi connectivity index (χ1) is 11.9. The topological polar surface area (TPSA) is 79.2 Å². The summed E-state index contributed by atoms with van der Waals surface area (Å²) in [6.07, 6.45) is 2.36. The van der Waals surface area contributed by atoms with Crippen molar-refractivity contribution in [2.75, 3.05) is 13.2 Å². The number of aromatic nitrogens is 2. The summed E-state index contributed by atoms with van der Waals surface area (Å²) in [4.78, 5) is 12.0. The molecule has 0 saturated carbocycles. The van der Waals surface area contributed by atoms with Crippen molar-refractivity contribution in [3.8, 4) is 5.69 Å². The third kappa shape index (κ3) is 5.03. The Hall–Kier alpha value is -2.41. The Morgan fingerprint density at radius 2 is 2.00 bits per heavy atom. The van der Waals surface area contributed by atoms with Crippen molar-refractivity contribution >= 4 is 6.03 Å². The summed E-state index contributed by atoms with van der Waals surface area (Å²) >= 11 is 0. The van der Waals surface area contributed by atoms with Crippen LogP contribution in [0.5, 0.6) is 0 Å². The van der Waals surface area contributed by atoms with Crippen LogP contribution in [0, 0.1) is 18.7 Å². The lowest BCUT2D eigenvalue weighted by Gasteiger charge is -2.16. The molecule has 2 unspecified atom stereocenters. The van der Waals surface area contributed by atoms with E-state index in [2.05, 4.69) is 15.7 Å². The fourth-order valence-electron chi connectivity index (χ4n) is 2.60. The minimum atomic E-state index is -0.295. The van der Waals surface area contributed by atoms with Crippen molar-refractivity contribution in [2.24, 2.45) is 5.92 Å². The third-order valence-electron chi connectivity index (χ3n) is 4.17. The second-order valence-corrected chi connectivity index (χ2v) is 6.27. The predicted molar refractivity (Wildman–Crippen MR) is 94.1 cm³/mol. The first-order valence-corrected chi connectivity index (χ1v) is 8.38. The van der Waals surface area contributed by atoms with E-state index < -0.39 is 0 Å². The fourth-order valence-corrected chi connectivity index (χ4v) is 2.60. The van der Waals surface area contributed by atoms with Gasteiger partial charge in [0.05, 0.1) is 17.9 Å². The number of nitrogens with zero attached hydrogens (tertiary/aromatic N) is 2. The zero-order chi connectivity index (χ0) is 18.4. The lowest BCUT2D eigenvalue weighted by molar-refractivity contribution is 0.231. The Labute approximate surface area is 147 Å². The van der Waals surface area contributed by atoms with E-state index in [1.807, 2.05) is 20.8 Å². The molecule has 1 aromatic carbocycles. The van der Waals surface area contributed by atoms with Gasteiger partial charge in [-0.2, -0.15) is 5.10 Å². The lowest BCUT2D eigenvalue weighted by Crippen LogP contribution is -2.39. The van der Waals surface area contributed by atoms with Crippen LogP contribution in [0.15, 0.2) is 30.5 Å². The number of rotatable bonds is 7. The average Bonchev–Trinajstić information content (AvgIpc) is 2.96. The van der Waals surface area contributed by atoms with E-state index in [0.717, 1.165) is 16.9 Å². The number of amides is 2. The van der Waals surface area contributed by atoms with E-state index in [9.17, 15) is 9.18 Å². The van der Waals surface area contributed by atoms with E-state index in [0.29, 0.717) is 13.0 Å². The number of hydrogen-bond acceptors (Lipinski definition) is 3. The molecule has 136 valence electrons. The van der Waals surface area contributed by atoms with Gasteiger partial charge in [-0.1, -0.05) is 6.92 Å². The van der Waals surface area contributed by atoms with Gasteiger partial charge in [0.15, 0.2) is 0 Å². The van der Waals surface area contributed by atoms with E-state index >= 15 is 0 Å². The zero-order valence-electron chi connectivity index (χ0n) is 14.8. The third-order valence-corrected chi connectivity index (χ3v) is 4.17. The Morgan fingerprint density at radius 1 is 1.32 bits per heavy atom. The molecule has 6 nitrogen and oxygen atoms in total. The number of aliphatic hydroxyl groups excluding tert-OH is 1. The fraction of sp³-hybridized carbons (Fsp3) is 0.444. The second kappa shape index (κ2) is 8.62. The molecule has 0 aliphatic rings. The second-order valence-electron chi connectivity index (χ2n) is 6.27. The van der Waals surface area contributed by atoms with Gasteiger partial charge in [-0.05, 0) is 50.5 Å². The molecule has 25 heavy (non-hydrogen) atoms. The molecule has 0 bridgehead atoms. The van der Waals surface area contributed by atoms with Crippen LogP contribution in [0.2, 0.25) is 0 Å². The molecular formula is C18H25FN4O2. The number of halogens is 1. The van der Waals surface area contributed by atoms with Crippen LogP contribution in [-0.4, -0.2) is 34.1 Å². The van der Waals surface area contributed by atoms with Crippen LogP contribution in [-0.2, 0) is 0 Å². The Balaban J connectivity index is 1.99. The van der Waals surface area contributed by atoms with Gasteiger partial charge >= 0.3 is 6.03 Å². The summed E-state index contributed by atoms with van der Waals surface area (Å²) in [6.45, 7) is 6.38. The van der Waals surface area contributed by atoms with Gasteiger partial charge in [-0.3, -0.25) is 0 Å². The highest BCUT2D eigenvalue weighted by Gasteiger charge is 2.16. The molecule has 2 aromatic rings. The molecule has 1 heterocycles. The smallest absolute Gasteiger partial charge is 0.315 e. The number of aliphatic hydroxyl groups is 1. The normalized spacial score (nSPS) is 13.3. The molecule has 0 saturated heterocycles. The lowest BCUT2D eigenvalue weighted by atomic mass is 10.1. The van der Waals surface area contributed by atoms with Crippen molar-refractivity contribution in [1.82, 2.24) is 20.4 Å². The number of nitrogens with one attached hydrogen (secondary N) is 2. The van der Waals surface area contributed by atoms with Crippen LogP contribution in [0.3, 0.4) is 0 Å². The summed E-state index contributed by atoms with van der Waals surface area (Å²) in [7, 11) is 0. The molecule has 0 aliphatic carbocycles. The summed E-state index contributed by atoms with van der Waals surface area (Å²) in [5, 5.41) is 18.9. The van der Waals surface area contributed by atoms with Crippen molar-refractivity contribution < 1.29 is 14.3 Å². The molecule has 0 aliphatic heterocycles. The molecule has 0 radical (unpaired) electrons. The van der Waals surface area contributed by atoms with E-state index in [-0.39, 0.29) is 30.4 Å². The molecule has 7 heteroatoms. The van der Waals surface area contributed by atoms with Crippen molar-refractivity contribution in [3.05, 3.63) is 47.5 Å². The minimum absolute atomic E-state index is 0.114. The first-order valence-electron chi connectivity index (χ1n) is 8.38. The highest BCUT2D eigenvalue weighted by atomic mass is 19.1. The Bertz CT molecular complexity index is 700. The quantitative estimate of drug-likeness (QED) is 0.720. The maximum Gasteiger partial charge on any atom is 0.315 e. The summed E-state index contributed by atoms with van der Waals surface area (Å²) in [5.41, 5.74) is 2.54. The van der Waals surface area contributed by atoms with Crippen molar-refractivity contribution in [2.45, 2.75) is 33.2 Å². The standard InChI is InChI=1S/C18H25FN4O2/c1-12(8-9-24)10-20-18(25)22-13(2)17-11-21-23(14(17)3)16-6-4-15(19)5-7-16/h4-7,11-13,24H,8-10H2,1-3H3,(H2,20,22,25). The predicted octanol–water partition coefficient (Wildman–Crippen LogP) is 2.70. The van der Waals surface area contributed by atoms with E-state index in [1.54, 1.807) is 23.0 Å². The SMILES string of the molecule is Cc1c(C(C)NC(=O)NCC(C)CCO)cnn1-c1ccc(F)cc1. The Morgan fingerprint density at radius 3 is 2.64 bits per heavy atom. The maximum atomic E-state index is 13.1. The summed E-state index contributed by atoms with van der Waals surface area (Å²) < 4.78 is 14.8. The summed E-state index contributed by atoms with van der Waals surface area (Å²) in [6, 6.07) is 5.62. The molecule has 0 fully saturated rings. The van der Waals surface area contributed by atoms with Gasteiger partial charge in [0.25, 0.3) is 0 Å². The van der Waals surface area contributed by atoms with E-state index in [4.69, 9.17) is 5.11 Å². The highest BCUT2D eigenvalue weighted by molar-refractivity contribution is 5.74. The number of urea groups is 1. The number of carbonyl (C=O) groups is 1. The number of carbonyl (C=O) groups excluding carboxylic acids is 1. The van der Waals surface area contributed by atoms with E-state index in [1.165, 1.54) is 12.1 Å². The number of hydrogen-bond donors (Lipinski definition) is 3. The maximum absolute atomic E-state index is 13.1. The van der Waals surface area contributed by atoms with Crippen molar-refractivity contribution in [3.63, 3.8) is 0 Å². The van der Waals surface area contributed by atoms with Crippen LogP contribution in [0.4, 0.5) is 9.18 Å². The molecule has 3 N–H and O–H groups in total. The van der Waals surface area contributed by atoms with Crippen molar-refractivity contribution in [1.29, 1.82) is 0 Å². The highest BCUT2D eigenvalue weighted by Crippen LogP contribution is 2.20. The van der Waals surface area contributed by atoms with Crippen LogP contribution < -0.4 is 10.6 Å². The van der Waals surface area contributed by atoms with Crippen LogP contribution in [0.25, 0.3) is 5.69 Å². The average molecular weight is 348 g/mol. The molecule has 2 atom stereocenters. The van der Waals surface area contributed by atoms with Crippen LogP contribution >= 0.6 is 0 Å². The molecular weight excluding hydrogens is 323 g/mol. The monoisotopic (exact) mass is 348 g/mol. The zero-order valence-corrected chi connectivity index (χ0v) is 14.8. The minimum Gasteiger partial charge on any atom is -0.396 e. The molecule has 0 spiro atoms. The molecule has 1 aromatic heterocycles. The molecule has 2 rings (SSSR count). The van der Waals surface area contributed by atoms with Gasteiger partial charge in [0.2, 0.25) is 0 Å². The van der Waals surface area contributed by atoms with Gasteiger partial charge in [-0.15, -0.1) is 0 Å². The van der Waals surface area contributed by atoms with Gasteiger partial charge in [-0.25, -0.2) is 13.9 Å².